The van der Waals surface area contributed by atoms with Crippen molar-refractivity contribution in [2.45, 2.75) is 19.4 Å². The number of nitrogens with zero attached hydrogens (tertiary/aromatic N) is 2. The minimum atomic E-state index is -3.00. The SMILES string of the molecule is Cc1ccc(N2CC[C@H](N(C)CCS(C)(=O)=O)C2=O)cc1. The third kappa shape index (κ3) is 4.04. The molecule has 0 spiro atoms. The van der Waals surface area contributed by atoms with Gasteiger partial charge in [0.05, 0.1) is 11.8 Å². The third-order valence-electron chi connectivity index (χ3n) is 3.87. The normalized spacial score (nSPS) is 19.5. The second-order valence-electron chi connectivity index (χ2n) is 5.74. The second-order valence-corrected chi connectivity index (χ2v) is 8.00. The number of likely N-dealkylation sites (N-methyl/N-ethyl adjacent to an activating group) is 1. The van der Waals surface area contributed by atoms with Gasteiger partial charge in [0.15, 0.2) is 0 Å². The third-order valence-corrected chi connectivity index (χ3v) is 4.79. The Bertz CT molecular complexity index is 610. The van der Waals surface area contributed by atoms with Gasteiger partial charge < -0.3 is 4.90 Å². The van der Waals surface area contributed by atoms with E-state index in [9.17, 15) is 13.2 Å². The zero-order chi connectivity index (χ0) is 15.6. The van der Waals surface area contributed by atoms with E-state index in [1.165, 1.54) is 6.26 Å². The number of hydrogen-bond donors (Lipinski definition) is 0. The molecule has 1 atom stereocenters. The Balaban J connectivity index is 2.02. The first kappa shape index (κ1) is 16.0. The molecule has 116 valence electrons. The summed E-state index contributed by atoms with van der Waals surface area (Å²) in [4.78, 5) is 16.1. The Morgan fingerprint density at radius 3 is 2.48 bits per heavy atom. The van der Waals surface area contributed by atoms with Crippen LogP contribution in [0.15, 0.2) is 24.3 Å². The van der Waals surface area contributed by atoms with Crippen molar-refractivity contribution in [3.8, 4) is 0 Å². The summed E-state index contributed by atoms with van der Waals surface area (Å²) < 4.78 is 22.5. The van der Waals surface area contributed by atoms with E-state index < -0.39 is 9.84 Å². The molecule has 1 aliphatic heterocycles. The van der Waals surface area contributed by atoms with Crippen LogP contribution in [0.3, 0.4) is 0 Å². The van der Waals surface area contributed by atoms with Crippen molar-refractivity contribution < 1.29 is 13.2 Å². The largest absolute Gasteiger partial charge is 0.311 e. The van der Waals surface area contributed by atoms with E-state index in [1.54, 1.807) is 4.90 Å². The summed E-state index contributed by atoms with van der Waals surface area (Å²) in [6, 6.07) is 7.65. The van der Waals surface area contributed by atoms with Gasteiger partial charge >= 0.3 is 0 Å². The average Bonchev–Trinajstić information content (AvgIpc) is 2.78. The quantitative estimate of drug-likeness (QED) is 0.816. The fourth-order valence-corrected chi connectivity index (χ4v) is 3.14. The molecule has 1 fully saturated rings. The molecule has 1 saturated heterocycles. The van der Waals surface area contributed by atoms with Gasteiger partial charge in [-0.15, -0.1) is 0 Å². The lowest BCUT2D eigenvalue weighted by atomic mass is 10.2. The number of benzene rings is 1. The molecule has 1 aromatic rings. The lowest BCUT2D eigenvalue weighted by Crippen LogP contribution is -2.41. The van der Waals surface area contributed by atoms with Crippen LogP contribution in [-0.4, -0.2) is 57.4 Å². The van der Waals surface area contributed by atoms with Gasteiger partial charge in [0.1, 0.15) is 9.84 Å². The van der Waals surface area contributed by atoms with E-state index in [2.05, 4.69) is 0 Å². The molecule has 0 saturated carbocycles. The Kier molecular flexibility index (Phi) is 4.68. The highest BCUT2D eigenvalue weighted by atomic mass is 32.2. The summed E-state index contributed by atoms with van der Waals surface area (Å²) in [6.45, 7) is 3.07. The van der Waals surface area contributed by atoms with Crippen LogP contribution in [0.4, 0.5) is 5.69 Å². The van der Waals surface area contributed by atoms with E-state index >= 15 is 0 Å². The van der Waals surface area contributed by atoms with Crippen LogP contribution in [0.2, 0.25) is 0 Å². The van der Waals surface area contributed by atoms with Gasteiger partial charge in [-0.05, 0) is 32.5 Å². The van der Waals surface area contributed by atoms with Crippen LogP contribution in [-0.2, 0) is 14.6 Å². The Hall–Kier alpha value is -1.40. The number of anilines is 1. The maximum atomic E-state index is 12.5. The topological polar surface area (TPSA) is 57.7 Å². The first-order valence-corrected chi connectivity index (χ1v) is 9.10. The van der Waals surface area contributed by atoms with E-state index in [0.29, 0.717) is 13.1 Å². The van der Waals surface area contributed by atoms with E-state index in [-0.39, 0.29) is 17.7 Å². The van der Waals surface area contributed by atoms with Crippen LogP contribution in [0.25, 0.3) is 0 Å². The summed E-state index contributed by atoms with van der Waals surface area (Å²) in [5, 5.41) is 0. The molecular formula is C15H22N2O3S. The number of aryl methyl sites for hydroxylation is 1. The van der Waals surface area contributed by atoms with Crippen molar-refractivity contribution in [3.63, 3.8) is 0 Å². The van der Waals surface area contributed by atoms with Gasteiger partial charge in [0, 0.05) is 25.0 Å². The maximum Gasteiger partial charge on any atom is 0.244 e. The number of rotatable bonds is 5. The van der Waals surface area contributed by atoms with E-state index in [1.807, 2.05) is 43.1 Å². The molecule has 0 aromatic heterocycles. The fraction of sp³-hybridized carbons (Fsp3) is 0.533. The number of hydrogen-bond acceptors (Lipinski definition) is 4. The van der Waals surface area contributed by atoms with Crippen molar-refractivity contribution >= 4 is 21.4 Å². The summed E-state index contributed by atoms with van der Waals surface area (Å²) in [7, 11) is -1.19. The molecule has 1 amide bonds. The van der Waals surface area contributed by atoms with Crippen LogP contribution in [0.5, 0.6) is 0 Å². The van der Waals surface area contributed by atoms with Crippen LogP contribution >= 0.6 is 0 Å². The number of sulfone groups is 1. The number of carbonyl (C=O) groups excluding carboxylic acids is 1. The van der Waals surface area contributed by atoms with Crippen molar-refractivity contribution in [1.29, 1.82) is 0 Å². The molecule has 0 aliphatic carbocycles. The molecule has 2 rings (SSSR count). The Morgan fingerprint density at radius 2 is 1.90 bits per heavy atom. The molecular weight excluding hydrogens is 288 g/mol. The Morgan fingerprint density at radius 1 is 1.29 bits per heavy atom. The van der Waals surface area contributed by atoms with Gasteiger partial charge in [-0.1, -0.05) is 17.7 Å². The second kappa shape index (κ2) is 6.15. The first-order chi connectivity index (χ1) is 9.78. The standard InChI is InChI=1S/C15H22N2O3S/c1-12-4-6-13(7-5-12)17-9-8-14(15(17)18)16(2)10-11-21(3,19)20/h4-7,14H,8-11H2,1-3H3/t14-/m0/s1. The van der Waals surface area contributed by atoms with Gasteiger partial charge in [-0.25, -0.2) is 8.42 Å². The van der Waals surface area contributed by atoms with Crippen molar-refractivity contribution in [2.24, 2.45) is 0 Å². The van der Waals surface area contributed by atoms with Gasteiger partial charge in [0.2, 0.25) is 5.91 Å². The van der Waals surface area contributed by atoms with Crippen LogP contribution in [0.1, 0.15) is 12.0 Å². The molecule has 5 nitrogen and oxygen atoms in total. The number of amides is 1. The molecule has 1 aromatic carbocycles. The first-order valence-electron chi connectivity index (χ1n) is 7.04. The van der Waals surface area contributed by atoms with E-state index in [4.69, 9.17) is 0 Å². The van der Waals surface area contributed by atoms with Crippen molar-refractivity contribution in [2.75, 3.05) is 37.0 Å². The molecule has 0 N–H and O–H groups in total. The van der Waals surface area contributed by atoms with Gasteiger partial charge in [0.25, 0.3) is 0 Å². The zero-order valence-corrected chi connectivity index (χ0v) is 13.6. The molecule has 1 heterocycles. The van der Waals surface area contributed by atoms with Crippen LogP contribution in [0, 0.1) is 6.92 Å². The predicted octanol–water partition coefficient (Wildman–Crippen LogP) is 1.08. The zero-order valence-electron chi connectivity index (χ0n) is 12.7. The molecule has 6 heteroatoms. The lowest BCUT2D eigenvalue weighted by Gasteiger charge is -2.23. The highest BCUT2D eigenvalue weighted by Gasteiger charge is 2.35. The van der Waals surface area contributed by atoms with E-state index in [0.717, 1.165) is 17.7 Å². The van der Waals surface area contributed by atoms with Crippen molar-refractivity contribution in [3.05, 3.63) is 29.8 Å². The van der Waals surface area contributed by atoms with Crippen LogP contribution < -0.4 is 4.90 Å². The highest BCUT2D eigenvalue weighted by Crippen LogP contribution is 2.24. The summed E-state index contributed by atoms with van der Waals surface area (Å²) >= 11 is 0. The monoisotopic (exact) mass is 310 g/mol. The Labute approximate surface area is 126 Å². The van der Waals surface area contributed by atoms with Gasteiger partial charge in [-0.3, -0.25) is 9.69 Å². The highest BCUT2D eigenvalue weighted by molar-refractivity contribution is 7.90. The molecule has 21 heavy (non-hydrogen) atoms. The molecule has 0 bridgehead atoms. The minimum absolute atomic E-state index is 0.0508. The van der Waals surface area contributed by atoms with Gasteiger partial charge in [-0.2, -0.15) is 0 Å². The molecule has 1 aliphatic rings. The maximum absolute atomic E-state index is 12.5. The predicted molar refractivity (Wildman–Crippen MR) is 84.3 cm³/mol. The summed E-state index contributed by atoms with van der Waals surface area (Å²) in [5.74, 6) is 0.132. The number of carbonyl (C=O) groups is 1. The molecule has 0 unspecified atom stereocenters. The summed E-state index contributed by atoms with van der Waals surface area (Å²) in [6.07, 6.45) is 1.95. The molecule has 0 radical (unpaired) electrons. The lowest BCUT2D eigenvalue weighted by molar-refractivity contribution is -0.121. The fourth-order valence-electron chi connectivity index (χ4n) is 2.52. The smallest absolute Gasteiger partial charge is 0.244 e. The summed E-state index contributed by atoms with van der Waals surface area (Å²) in [5.41, 5.74) is 2.07. The van der Waals surface area contributed by atoms with Crippen molar-refractivity contribution in [1.82, 2.24) is 4.90 Å². The average molecular weight is 310 g/mol. The minimum Gasteiger partial charge on any atom is -0.311 e.